The van der Waals surface area contributed by atoms with Crippen molar-refractivity contribution in [3.8, 4) is 0 Å². The fourth-order valence-corrected chi connectivity index (χ4v) is 4.50. The molecule has 1 amide bonds. The lowest BCUT2D eigenvalue weighted by Gasteiger charge is -2.35. The number of sulfonamides is 1. The average Bonchev–Trinajstić information content (AvgIpc) is 2.68. The minimum absolute atomic E-state index is 0.192. The maximum atomic E-state index is 12.4. The van der Waals surface area contributed by atoms with Crippen LogP contribution in [0, 0.1) is 0 Å². The number of nitrogens with one attached hydrogen (secondary N) is 2. The number of rotatable bonds is 4. The van der Waals surface area contributed by atoms with E-state index in [1.807, 2.05) is 30.3 Å². The Morgan fingerprint density at radius 2 is 1.76 bits per heavy atom. The van der Waals surface area contributed by atoms with Gasteiger partial charge in [0.25, 0.3) is 5.91 Å². The molecule has 0 radical (unpaired) electrons. The first-order valence-electron chi connectivity index (χ1n) is 8.91. The fraction of sp³-hybridized carbons (Fsp3) is 0.263. The number of hydrogen-bond acceptors (Lipinski definition) is 5. The number of nitrogens with zero attached hydrogens (tertiary/aromatic N) is 2. The molecule has 2 aromatic carbocycles. The summed E-state index contributed by atoms with van der Waals surface area (Å²) in [4.78, 5) is 14.5. The van der Waals surface area contributed by atoms with E-state index in [1.165, 1.54) is 10.6 Å². The van der Waals surface area contributed by atoms with Crippen LogP contribution in [-0.2, 0) is 10.0 Å². The number of carbonyl (C=O) groups excluding carboxylic acids is 1. The fourth-order valence-electron chi connectivity index (χ4n) is 3.07. The van der Waals surface area contributed by atoms with Crippen LogP contribution in [0.1, 0.15) is 10.4 Å². The van der Waals surface area contributed by atoms with Gasteiger partial charge in [0.05, 0.1) is 17.6 Å². The van der Waals surface area contributed by atoms with Gasteiger partial charge in [0.1, 0.15) is 0 Å². The van der Waals surface area contributed by atoms with Crippen LogP contribution in [0.2, 0.25) is 0 Å². The molecular formula is C19H21BrN4O3S2. The molecule has 10 heteroatoms. The first-order chi connectivity index (χ1) is 13.7. The molecular weight excluding hydrogens is 476 g/mol. The number of thiocarbonyl (C=S) groups is 1. The predicted molar refractivity (Wildman–Crippen MR) is 123 cm³/mol. The zero-order valence-corrected chi connectivity index (χ0v) is 19.0. The second-order valence-corrected chi connectivity index (χ2v) is 9.89. The molecule has 0 atom stereocenters. The van der Waals surface area contributed by atoms with E-state index < -0.39 is 10.0 Å². The van der Waals surface area contributed by atoms with E-state index >= 15 is 0 Å². The summed E-state index contributed by atoms with van der Waals surface area (Å²) < 4.78 is 25.7. The van der Waals surface area contributed by atoms with Crippen molar-refractivity contribution in [1.82, 2.24) is 9.62 Å². The van der Waals surface area contributed by atoms with Crippen molar-refractivity contribution < 1.29 is 13.2 Å². The number of piperazine rings is 1. The van der Waals surface area contributed by atoms with E-state index in [4.69, 9.17) is 12.2 Å². The van der Waals surface area contributed by atoms with Crippen molar-refractivity contribution in [1.29, 1.82) is 0 Å². The molecule has 2 aromatic rings. The highest BCUT2D eigenvalue weighted by Crippen LogP contribution is 2.27. The highest BCUT2D eigenvalue weighted by Gasteiger charge is 2.24. The van der Waals surface area contributed by atoms with Crippen molar-refractivity contribution >= 4 is 60.6 Å². The summed E-state index contributed by atoms with van der Waals surface area (Å²) in [7, 11) is -3.18. The molecule has 1 heterocycles. The van der Waals surface area contributed by atoms with Gasteiger partial charge in [0, 0.05) is 36.2 Å². The van der Waals surface area contributed by atoms with Crippen molar-refractivity contribution in [3.63, 3.8) is 0 Å². The Bertz CT molecular complexity index is 1020. The van der Waals surface area contributed by atoms with Crippen molar-refractivity contribution in [2.24, 2.45) is 0 Å². The summed E-state index contributed by atoms with van der Waals surface area (Å²) in [5.74, 6) is -0.303. The smallest absolute Gasteiger partial charge is 0.257 e. The summed E-state index contributed by atoms with van der Waals surface area (Å²) in [6, 6.07) is 14.6. The Labute approximate surface area is 184 Å². The Morgan fingerprint density at radius 3 is 2.41 bits per heavy atom. The van der Waals surface area contributed by atoms with Gasteiger partial charge in [-0.05, 0) is 42.5 Å². The third kappa shape index (κ3) is 5.75. The maximum absolute atomic E-state index is 12.4. The van der Waals surface area contributed by atoms with Gasteiger partial charge in [0.15, 0.2) is 5.11 Å². The third-order valence-electron chi connectivity index (χ3n) is 4.51. The zero-order valence-electron chi connectivity index (χ0n) is 15.8. The summed E-state index contributed by atoms with van der Waals surface area (Å²) in [6.45, 7) is 2.00. The molecule has 1 aliphatic heterocycles. The number of anilines is 2. The lowest BCUT2D eigenvalue weighted by Crippen LogP contribution is -2.48. The standard InChI is InChI=1S/C19H21BrN4O3S2/c1-29(26,27)24-11-9-23(10-12-24)17-8-3-2-7-16(17)21-19(28)22-18(25)14-5-4-6-15(20)13-14/h2-8,13H,9-12H2,1H3,(H2,21,22,25,28). The van der Waals surface area contributed by atoms with Crippen molar-refractivity contribution in [3.05, 3.63) is 58.6 Å². The Kier molecular flexibility index (Phi) is 6.89. The van der Waals surface area contributed by atoms with Gasteiger partial charge in [0.2, 0.25) is 10.0 Å². The van der Waals surface area contributed by atoms with Crippen molar-refractivity contribution in [2.45, 2.75) is 0 Å². The maximum Gasteiger partial charge on any atom is 0.257 e. The van der Waals surface area contributed by atoms with Crippen molar-refractivity contribution in [2.75, 3.05) is 42.7 Å². The molecule has 7 nitrogen and oxygen atoms in total. The Balaban J connectivity index is 1.66. The molecule has 0 aromatic heterocycles. The number of benzene rings is 2. The molecule has 154 valence electrons. The SMILES string of the molecule is CS(=O)(=O)N1CCN(c2ccccc2NC(=S)NC(=O)c2cccc(Br)c2)CC1. The second-order valence-electron chi connectivity index (χ2n) is 6.58. The van der Waals surface area contributed by atoms with Crippen LogP contribution in [0.5, 0.6) is 0 Å². The van der Waals surface area contributed by atoms with Gasteiger partial charge in [-0.25, -0.2) is 8.42 Å². The van der Waals surface area contributed by atoms with Crippen LogP contribution in [0.25, 0.3) is 0 Å². The number of para-hydroxylation sites is 2. The number of hydrogen-bond donors (Lipinski definition) is 2. The molecule has 29 heavy (non-hydrogen) atoms. The molecule has 2 N–H and O–H groups in total. The quantitative estimate of drug-likeness (QED) is 0.633. The van der Waals surface area contributed by atoms with Crippen LogP contribution in [0.4, 0.5) is 11.4 Å². The van der Waals surface area contributed by atoms with Crippen LogP contribution in [-0.4, -0.2) is 56.2 Å². The highest BCUT2D eigenvalue weighted by atomic mass is 79.9. The first kappa shape index (κ1) is 21.7. The molecule has 1 fully saturated rings. The van der Waals surface area contributed by atoms with Gasteiger partial charge in [-0.1, -0.05) is 34.1 Å². The van der Waals surface area contributed by atoms with Crippen LogP contribution in [0.3, 0.4) is 0 Å². The van der Waals surface area contributed by atoms with Gasteiger partial charge in [-0.15, -0.1) is 0 Å². The molecule has 0 aliphatic carbocycles. The van der Waals surface area contributed by atoms with Gasteiger partial charge < -0.3 is 10.2 Å². The van der Waals surface area contributed by atoms with E-state index in [9.17, 15) is 13.2 Å². The monoisotopic (exact) mass is 496 g/mol. The summed E-state index contributed by atoms with van der Waals surface area (Å²) >= 11 is 8.66. The van der Waals surface area contributed by atoms with Gasteiger partial charge >= 0.3 is 0 Å². The Hall–Kier alpha value is -2.01. The number of amides is 1. The minimum Gasteiger partial charge on any atom is -0.367 e. The third-order valence-corrected chi connectivity index (χ3v) is 6.52. The summed E-state index contributed by atoms with van der Waals surface area (Å²) in [5.41, 5.74) is 2.15. The lowest BCUT2D eigenvalue weighted by molar-refractivity contribution is 0.0977. The van der Waals surface area contributed by atoms with Crippen LogP contribution >= 0.6 is 28.1 Å². The lowest BCUT2D eigenvalue weighted by atomic mass is 10.2. The van der Waals surface area contributed by atoms with Gasteiger partial charge in [-0.3, -0.25) is 10.1 Å². The topological polar surface area (TPSA) is 81.8 Å². The minimum atomic E-state index is -3.18. The normalized spacial score (nSPS) is 15.0. The molecule has 0 bridgehead atoms. The average molecular weight is 497 g/mol. The molecule has 0 spiro atoms. The molecule has 0 unspecified atom stereocenters. The predicted octanol–water partition coefficient (Wildman–Crippen LogP) is 2.66. The number of halogens is 1. The van der Waals surface area contributed by atoms with Crippen LogP contribution in [0.15, 0.2) is 53.0 Å². The second kappa shape index (κ2) is 9.21. The molecule has 1 saturated heterocycles. The molecule has 3 rings (SSSR count). The summed E-state index contributed by atoms with van der Waals surface area (Å²) in [5, 5.41) is 5.95. The van der Waals surface area contributed by atoms with E-state index in [0.29, 0.717) is 31.7 Å². The first-order valence-corrected chi connectivity index (χ1v) is 12.0. The van der Waals surface area contributed by atoms with E-state index in [0.717, 1.165) is 15.8 Å². The summed E-state index contributed by atoms with van der Waals surface area (Å²) in [6.07, 6.45) is 1.23. The van der Waals surface area contributed by atoms with Crippen LogP contribution < -0.4 is 15.5 Å². The van der Waals surface area contributed by atoms with E-state index in [-0.39, 0.29) is 11.0 Å². The largest absolute Gasteiger partial charge is 0.367 e. The molecule has 0 saturated carbocycles. The van der Waals surface area contributed by atoms with E-state index in [1.54, 1.807) is 18.2 Å². The van der Waals surface area contributed by atoms with E-state index in [2.05, 4.69) is 31.5 Å². The number of carbonyl (C=O) groups is 1. The van der Waals surface area contributed by atoms with Gasteiger partial charge in [-0.2, -0.15) is 4.31 Å². The highest BCUT2D eigenvalue weighted by molar-refractivity contribution is 9.10. The Morgan fingerprint density at radius 1 is 1.07 bits per heavy atom. The molecule has 1 aliphatic rings. The zero-order chi connectivity index (χ0) is 21.0.